The van der Waals surface area contributed by atoms with Gasteiger partial charge in [0.2, 0.25) is 0 Å². The Bertz CT molecular complexity index is 206. The first-order chi connectivity index (χ1) is 8.03. The molecule has 0 spiro atoms. The van der Waals surface area contributed by atoms with Crippen LogP contribution in [-0.2, 0) is 4.74 Å². The fourth-order valence-electron chi connectivity index (χ4n) is 2.91. The van der Waals surface area contributed by atoms with Gasteiger partial charge in [0.15, 0.2) is 0 Å². The Morgan fingerprint density at radius 3 is 2.59 bits per heavy atom. The summed E-state index contributed by atoms with van der Waals surface area (Å²) >= 11 is 0. The molecule has 0 aromatic rings. The smallest absolute Gasteiger partial charge is 0.0491 e. The molecule has 1 saturated carbocycles. The van der Waals surface area contributed by atoms with Gasteiger partial charge in [-0.3, -0.25) is 0 Å². The SMILES string of the molecule is COCC1CCCCC(C)(N)CCCC(N)C1. The quantitative estimate of drug-likeness (QED) is 0.782. The number of methoxy groups -OCH3 is 1. The molecule has 0 aromatic heterocycles. The van der Waals surface area contributed by atoms with Crippen molar-refractivity contribution in [2.45, 2.75) is 69.9 Å². The molecule has 102 valence electrons. The number of nitrogens with two attached hydrogens (primary N) is 2. The maximum absolute atomic E-state index is 6.29. The first-order valence-corrected chi connectivity index (χ1v) is 7.07. The van der Waals surface area contributed by atoms with Crippen molar-refractivity contribution in [3.8, 4) is 0 Å². The summed E-state index contributed by atoms with van der Waals surface area (Å²) in [5.41, 5.74) is 12.5. The van der Waals surface area contributed by atoms with Crippen molar-refractivity contribution in [2.75, 3.05) is 13.7 Å². The van der Waals surface area contributed by atoms with Gasteiger partial charge in [-0.05, 0) is 44.9 Å². The molecular weight excluding hydrogens is 212 g/mol. The molecule has 3 atom stereocenters. The fraction of sp³-hybridized carbons (Fsp3) is 1.00. The Morgan fingerprint density at radius 2 is 1.88 bits per heavy atom. The van der Waals surface area contributed by atoms with E-state index in [0.717, 1.165) is 38.7 Å². The summed E-state index contributed by atoms with van der Waals surface area (Å²) in [7, 11) is 1.79. The minimum absolute atomic E-state index is 0.0147. The van der Waals surface area contributed by atoms with Crippen molar-refractivity contribution in [1.82, 2.24) is 0 Å². The minimum atomic E-state index is 0.0147. The molecule has 3 unspecified atom stereocenters. The monoisotopic (exact) mass is 242 g/mol. The summed E-state index contributed by atoms with van der Waals surface area (Å²) in [6.45, 7) is 3.04. The van der Waals surface area contributed by atoms with Crippen molar-refractivity contribution in [1.29, 1.82) is 0 Å². The van der Waals surface area contributed by atoms with Crippen LogP contribution in [0, 0.1) is 5.92 Å². The average molecular weight is 242 g/mol. The summed E-state index contributed by atoms with van der Waals surface area (Å²) in [6.07, 6.45) is 9.35. The molecule has 0 aliphatic heterocycles. The van der Waals surface area contributed by atoms with Crippen molar-refractivity contribution in [3.63, 3.8) is 0 Å². The van der Waals surface area contributed by atoms with Crippen LogP contribution in [0.25, 0.3) is 0 Å². The van der Waals surface area contributed by atoms with Crippen LogP contribution in [0.3, 0.4) is 0 Å². The highest BCUT2D eigenvalue weighted by molar-refractivity contribution is 4.81. The van der Waals surface area contributed by atoms with E-state index >= 15 is 0 Å². The Balaban J connectivity index is 2.47. The molecule has 0 amide bonds. The van der Waals surface area contributed by atoms with Crippen LogP contribution >= 0.6 is 0 Å². The van der Waals surface area contributed by atoms with E-state index in [4.69, 9.17) is 16.2 Å². The van der Waals surface area contributed by atoms with Crippen LogP contribution in [0.5, 0.6) is 0 Å². The van der Waals surface area contributed by atoms with Gasteiger partial charge in [-0.15, -0.1) is 0 Å². The van der Waals surface area contributed by atoms with E-state index in [2.05, 4.69) is 6.92 Å². The van der Waals surface area contributed by atoms with Crippen LogP contribution in [0.2, 0.25) is 0 Å². The van der Waals surface area contributed by atoms with E-state index in [1.54, 1.807) is 7.11 Å². The zero-order chi connectivity index (χ0) is 12.7. The summed E-state index contributed by atoms with van der Waals surface area (Å²) in [6, 6.07) is 0.323. The van der Waals surface area contributed by atoms with Crippen molar-refractivity contribution >= 4 is 0 Å². The topological polar surface area (TPSA) is 61.3 Å². The number of ether oxygens (including phenoxy) is 1. The fourth-order valence-corrected chi connectivity index (χ4v) is 2.91. The lowest BCUT2D eigenvalue weighted by molar-refractivity contribution is 0.137. The second kappa shape index (κ2) is 7.34. The lowest BCUT2D eigenvalue weighted by Gasteiger charge is -2.24. The van der Waals surface area contributed by atoms with Gasteiger partial charge in [0, 0.05) is 25.3 Å². The molecule has 3 nitrogen and oxygen atoms in total. The summed E-state index contributed by atoms with van der Waals surface area (Å²) in [4.78, 5) is 0. The lowest BCUT2D eigenvalue weighted by atomic mass is 9.90. The van der Waals surface area contributed by atoms with Crippen LogP contribution in [-0.4, -0.2) is 25.3 Å². The van der Waals surface area contributed by atoms with E-state index in [1.807, 2.05) is 0 Å². The van der Waals surface area contributed by atoms with E-state index in [9.17, 15) is 0 Å². The molecule has 1 aliphatic rings. The highest BCUT2D eigenvalue weighted by Gasteiger charge is 2.21. The third-order valence-electron chi connectivity index (χ3n) is 3.97. The molecule has 1 rings (SSSR count). The lowest BCUT2D eigenvalue weighted by Crippen LogP contribution is -2.36. The van der Waals surface area contributed by atoms with E-state index < -0.39 is 0 Å². The van der Waals surface area contributed by atoms with Crippen LogP contribution < -0.4 is 11.5 Å². The maximum atomic E-state index is 6.29. The standard InChI is InChI=1S/C14H30N2O/c1-14(16)8-4-3-6-12(11-17-2)10-13(15)7-5-9-14/h12-13H,3-11,15-16H2,1-2H3. The Kier molecular flexibility index (Phi) is 6.45. The van der Waals surface area contributed by atoms with E-state index in [1.165, 1.54) is 19.3 Å². The molecule has 17 heavy (non-hydrogen) atoms. The second-order valence-corrected chi connectivity index (χ2v) is 6.11. The number of rotatable bonds is 2. The molecule has 1 fully saturated rings. The van der Waals surface area contributed by atoms with Crippen LogP contribution in [0.1, 0.15) is 58.3 Å². The predicted octanol–water partition coefficient (Wildman–Crippen LogP) is 2.43. The zero-order valence-electron chi connectivity index (χ0n) is 11.6. The van der Waals surface area contributed by atoms with Gasteiger partial charge < -0.3 is 16.2 Å². The summed E-state index contributed by atoms with van der Waals surface area (Å²) in [5.74, 6) is 0.636. The van der Waals surface area contributed by atoms with Gasteiger partial charge in [0.1, 0.15) is 0 Å². The van der Waals surface area contributed by atoms with E-state index in [0.29, 0.717) is 12.0 Å². The number of hydrogen-bond acceptors (Lipinski definition) is 3. The van der Waals surface area contributed by atoms with Crippen LogP contribution in [0.15, 0.2) is 0 Å². The van der Waals surface area contributed by atoms with Gasteiger partial charge in [-0.2, -0.15) is 0 Å². The van der Waals surface area contributed by atoms with Gasteiger partial charge in [-0.1, -0.05) is 19.3 Å². The number of hydrogen-bond donors (Lipinski definition) is 2. The van der Waals surface area contributed by atoms with Crippen molar-refractivity contribution < 1.29 is 4.74 Å². The van der Waals surface area contributed by atoms with Crippen LogP contribution in [0.4, 0.5) is 0 Å². The third-order valence-corrected chi connectivity index (χ3v) is 3.97. The van der Waals surface area contributed by atoms with Crippen molar-refractivity contribution in [3.05, 3.63) is 0 Å². The van der Waals surface area contributed by atoms with E-state index in [-0.39, 0.29) is 5.54 Å². The molecule has 3 heteroatoms. The molecule has 0 bridgehead atoms. The first-order valence-electron chi connectivity index (χ1n) is 7.07. The van der Waals surface area contributed by atoms with Crippen molar-refractivity contribution in [2.24, 2.45) is 17.4 Å². The molecule has 1 aliphatic carbocycles. The predicted molar refractivity (Wildman–Crippen MR) is 72.9 cm³/mol. The second-order valence-electron chi connectivity index (χ2n) is 6.11. The van der Waals surface area contributed by atoms with Gasteiger partial charge in [-0.25, -0.2) is 0 Å². The Labute approximate surface area is 106 Å². The molecule has 0 heterocycles. The molecule has 4 N–H and O–H groups in total. The van der Waals surface area contributed by atoms with Gasteiger partial charge in [0.05, 0.1) is 0 Å². The Hall–Kier alpha value is -0.120. The molecular formula is C14H30N2O. The molecule has 0 aromatic carbocycles. The molecule has 0 radical (unpaired) electrons. The highest BCUT2D eigenvalue weighted by atomic mass is 16.5. The Morgan fingerprint density at radius 1 is 1.18 bits per heavy atom. The first kappa shape index (κ1) is 14.9. The zero-order valence-corrected chi connectivity index (χ0v) is 11.6. The third kappa shape index (κ3) is 6.39. The minimum Gasteiger partial charge on any atom is -0.384 e. The van der Waals surface area contributed by atoms with Gasteiger partial charge >= 0.3 is 0 Å². The maximum Gasteiger partial charge on any atom is 0.0491 e. The van der Waals surface area contributed by atoms with Gasteiger partial charge in [0.25, 0.3) is 0 Å². The largest absolute Gasteiger partial charge is 0.384 e. The summed E-state index contributed by atoms with van der Waals surface area (Å²) in [5, 5.41) is 0. The normalized spacial score (nSPS) is 37.4. The highest BCUT2D eigenvalue weighted by Crippen LogP contribution is 2.24. The molecule has 0 saturated heterocycles. The average Bonchev–Trinajstić information content (AvgIpc) is 2.25. The summed E-state index contributed by atoms with van der Waals surface area (Å²) < 4.78 is 5.29.